The number of hydrogen-bond donors (Lipinski definition) is 0. The molecule has 0 heterocycles. The minimum atomic E-state index is -0.102. The van der Waals surface area contributed by atoms with E-state index in [0.717, 1.165) is 5.92 Å². The topological polar surface area (TPSA) is 0 Å². The third-order valence-corrected chi connectivity index (χ3v) is 2.75. The van der Waals surface area contributed by atoms with Crippen LogP contribution in [-0.2, 0) is 0 Å². The molecule has 2 rings (SSSR count). The van der Waals surface area contributed by atoms with E-state index in [1.54, 1.807) is 6.07 Å². The average molecular weight is 164 g/mol. The van der Waals surface area contributed by atoms with Crippen LogP contribution < -0.4 is 0 Å². The zero-order chi connectivity index (χ0) is 8.72. The average Bonchev–Trinajstić information content (AvgIpc) is 2.73. The van der Waals surface area contributed by atoms with Gasteiger partial charge in [-0.25, -0.2) is 4.39 Å². The van der Waals surface area contributed by atoms with E-state index in [0.29, 0.717) is 5.92 Å². The van der Waals surface area contributed by atoms with Crippen molar-refractivity contribution in [3.05, 3.63) is 35.1 Å². The first kappa shape index (κ1) is 7.78. The van der Waals surface area contributed by atoms with Gasteiger partial charge in [0.1, 0.15) is 5.82 Å². The summed E-state index contributed by atoms with van der Waals surface area (Å²) in [5.41, 5.74) is 2.44. The SMILES string of the molecule is Cc1ccc(F)cc1C1CC1C. The van der Waals surface area contributed by atoms with Gasteiger partial charge in [-0.3, -0.25) is 0 Å². The summed E-state index contributed by atoms with van der Waals surface area (Å²) < 4.78 is 12.9. The predicted molar refractivity (Wildman–Crippen MR) is 47.7 cm³/mol. The third kappa shape index (κ3) is 1.24. The van der Waals surface area contributed by atoms with Crippen molar-refractivity contribution in [3.63, 3.8) is 0 Å². The molecule has 2 unspecified atom stereocenters. The number of rotatable bonds is 1. The molecule has 0 nitrogen and oxygen atoms in total. The molecule has 0 bridgehead atoms. The van der Waals surface area contributed by atoms with Gasteiger partial charge < -0.3 is 0 Å². The number of halogens is 1. The maximum atomic E-state index is 12.9. The predicted octanol–water partition coefficient (Wildman–Crippen LogP) is 3.26. The summed E-state index contributed by atoms with van der Waals surface area (Å²) in [5, 5.41) is 0. The molecule has 1 aromatic rings. The first-order chi connectivity index (χ1) is 5.68. The molecule has 0 aromatic heterocycles. The van der Waals surface area contributed by atoms with Gasteiger partial charge in [0.05, 0.1) is 0 Å². The van der Waals surface area contributed by atoms with Crippen LogP contribution in [0.2, 0.25) is 0 Å². The summed E-state index contributed by atoms with van der Waals surface area (Å²) in [6.07, 6.45) is 1.23. The normalized spacial score (nSPS) is 27.2. The van der Waals surface area contributed by atoms with E-state index in [-0.39, 0.29) is 5.82 Å². The minimum absolute atomic E-state index is 0.102. The summed E-state index contributed by atoms with van der Waals surface area (Å²) in [5.74, 6) is 1.28. The van der Waals surface area contributed by atoms with Gasteiger partial charge in [0.25, 0.3) is 0 Å². The maximum absolute atomic E-state index is 12.9. The molecule has 1 heteroatoms. The Morgan fingerprint density at radius 2 is 2.08 bits per heavy atom. The molecule has 1 aromatic carbocycles. The van der Waals surface area contributed by atoms with Crippen LogP contribution in [0.25, 0.3) is 0 Å². The summed E-state index contributed by atoms with van der Waals surface area (Å²) in [6.45, 7) is 4.27. The first-order valence-electron chi connectivity index (χ1n) is 4.44. The summed E-state index contributed by atoms with van der Waals surface area (Å²) in [4.78, 5) is 0. The fourth-order valence-electron chi connectivity index (χ4n) is 1.77. The van der Waals surface area contributed by atoms with Crippen LogP contribution in [0.1, 0.15) is 30.4 Å². The van der Waals surface area contributed by atoms with Gasteiger partial charge in [-0.1, -0.05) is 13.0 Å². The summed E-state index contributed by atoms with van der Waals surface area (Å²) in [6, 6.07) is 5.09. The molecule has 1 fully saturated rings. The first-order valence-corrected chi connectivity index (χ1v) is 4.44. The third-order valence-electron chi connectivity index (χ3n) is 2.75. The molecule has 0 N–H and O–H groups in total. The second-order valence-corrected chi connectivity index (χ2v) is 3.82. The lowest BCUT2D eigenvalue weighted by Gasteiger charge is -2.03. The van der Waals surface area contributed by atoms with Crippen LogP contribution in [0.5, 0.6) is 0 Å². The molecule has 1 aliphatic carbocycles. The van der Waals surface area contributed by atoms with Gasteiger partial charge in [-0.15, -0.1) is 0 Å². The summed E-state index contributed by atoms with van der Waals surface area (Å²) in [7, 11) is 0. The van der Waals surface area contributed by atoms with Gasteiger partial charge in [-0.05, 0) is 48.4 Å². The molecule has 0 amide bonds. The quantitative estimate of drug-likeness (QED) is 0.597. The lowest BCUT2D eigenvalue weighted by Crippen LogP contribution is -1.88. The van der Waals surface area contributed by atoms with Crippen molar-refractivity contribution in [2.75, 3.05) is 0 Å². The molecule has 2 atom stereocenters. The van der Waals surface area contributed by atoms with E-state index in [9.17, 15) is 4.39 Å². The molecule has 0 aliphatic heterocycles. The molecular formula is C11H13F. The Morgan fingerprint density at radius 3 is 2.67 bits per heavy atom. The van der Waals surface area contributed by atoms with E-state index in [2.05, 4.69) is 13.8 Å². The molecule has 0 saturated heterocycles. The molecular weight excluding hydrogens is 151 g/mol. The van der Waals surface area contributed by atoms with Crippen LogP contribution in [-0.4, -0.2) is 0 Å². The molecule has 12 heavy (non-hydrogen) atoms. The largest absolute Gasteiger partial charge is 0.207 e. The maximum Gasteiger partial charge on any atom is 0.123 e. The van der Waals surface area contributed by atoms with E-state index in [1.807, 2.05) is 6.07 Å². The number of aryl methyl sites for hydroxylation is 1. The van der Waals surface area contributed by atoms with Crippen molar-refractivity contribution < 1.29 is 4.39 Å². The molecule has 0 radical (unpaired) electrons. The van der Waals surface area contributed by atoms with Gasteiger partial charge in [0, 0.05) is 0 Å². The van der Waals surface area contributed by atoms with Crippen LogP contribution >= 0.6 is 0 Å². The van der Waals surface area contributed by atoms with Crippen LogP contribution in [0.15, 0.2) is 18.2 Å². The van der Waals surface area contributed by atoms with Crippen LogP contribution in [0, 0.1) is 18.7 Å². The van der Waals surface area contributed by atoms with E-state index < -0.39 is 0 Å². The molecule has 1 aliphatic rings. The highest BCUT2D eigenvalue weighted by Gasteiger charge is 2.34. The van der Waals surface area contributed by atoms with Crippen molar-refractivity contribution in [1.29, 1.82) is 0 Å². The Balaban J connectivity index is 2.36. The van der Waals surface area contributed by atoms with Gasteiger partial charge in [0.15, 0.2) is 0 Å². The summed E-state index contributed by atoms with van der Waals surface area (Å²) >= 11 is 0. The standard InChI is InChI=1S/C11H13F/c1-7-3-4-9(12)6-11(7)10-5-8(10)2/h3-4,6,8,10H,5H2,1-2H3. The molecule has 0 spiro atoms. The van der Waals surface area contributed by atoms with Crippen LogP contribution in [0.3, 0.4) is 0 Å². The monoisotopic (exact) mass is 164 g/mol. The van der Waals surface area contributed by atoms with Gasteiger partial charge in [-0.2, -0.15) is 0 Å². The highest BCUT2D eigenvalue weighted by atomic mass is 19.1. The fourth-order valence-corrected chi connectivity index (χ4v) is 1.77. The number of benzene rings is 1. The Bertz CT molecular complexity index is 304. The van der Waals surface area contributed by atoms with Gasteiger partial charge >= 0.3 is 0 Å². The Kier molecular flexibility index (Phi) is 1.67. The van der Waals surface area contributed by atoms with E-state index in [1.165, 1.54) is 23.6 Å². The van der Waals surface area contributed by atoms with E-state index in [4.69, 9.17) is 0 Å². The van der Waals surface area contributed by atoms with Crippen molar-refractivity contribution >= 4 is 0 Å². The zero-order valence-electron chi connectivity index (χ0n) is 7.47. The fraction of sp³-hybridized carbons (Fsp3) is 0.455. The lowest BCUT2D eigenvalue weighted by molar-refractivity contribution is 0.624. The van der Waals surface area contributed by atoms with E-state index >= 15 is 0 Å². The highest BCUT2D eigenvalue weighted by molar-refractivity contribution is 5.33. The Morgan fingerprint density at radius 1 is 1.42 bits per heavy atom. The Labute approximate surface area is 72.4 Å². The lowest BCUT2D eigenvalue weighted by atomic mass is 10.0. The Hall–Kier alpha value is -0.850. The second-order valence-electron chi connectivity index (χ2n) is 3.82. The molecule has 64 valence electrons. The minimum Gasteiger partial charge on any atom is -0.207 e. The molecule has 1 saturated carbocycles. The smallest absolute Gasteiger partial charge is 0.123 e. The number of hydrogen-bond acceptors (Lipinski definition) is 0. The van der Waals surface area contributed by atoms with Crippen molar-refractivity contribution in [2.45, 2.75) is 26.2 Å². The van der Waals surface area contributed by atoms with Crippen molar-refractivity contribution in [1.82, 2.24) is 0 Å². The van der Waals surface area contributed by atoms with Crippen molar-refractivity contribution in [2.24, 2.45) is 5.92 Å². The zero-order valence-corrected chi connectivity index (χ0v) is 7.47. The highest BCUT2D eigenvalue weighted by Crippen LogP contribution is 2.47. The second kappa shape index (κ2) is 2.58. The van der Waals surface area contributed by atoms with Crippen molar-refractivity contribution in [3.8, 4) is 0 Å². The van der Waals surface area contributed by atoms with Gasteiger partial charge in [0.2, 0.25) is 0 Å². The van der Waals surface area contributed by atoms with Crippen LogP contribution in [0.4, 0.5) is 4.39 Å².